The molecule has 0 aromatic carbocycles. The van der Waals surface area contributed by atoms with E-state index in [1.807, 2.05) is 4.90 Å². The number of ether oxygens (including phenoxy) is 1. The normalized spacial score (nSPS) is 20.9. The van der Waals surface area contributed by atoms with E-state index in [4.69, 9.17) is 4.74 Å². The Balaban J connectivity index is 1.40. The topological polar surface area (TPSA) is 61.8 Å². The van der Waals surface area contributed by atoms with Gasteiger partial charge < -0.3 is 14.5 Å². The van der Waals surface area contributed by atoms with Crippen molar-refractivity contribution in [2.75, 3.05) is 57.4 Å². The number of amides is 1. The van der Waals surface area contributed by atoms with Gasteiger partial charge in [-0.3, -0.25) is 14.7 Å². The van der Waals surface area contributed by atoms with Crippen LogP contribution in [0.3, 0.4) is 0 Å². The highest BCUT2D eigenvalue weighted by Gasteiger charge is 2.23. The van der Waals surface area contributed by atoms with Crippen LogP contribution in [0.2, 0.25) is 0 Å². The van der Waals surface area contributed by atoms with Gasteiger partial charge in [0.05, 0.1) is 19.4 Å². The van der Waals surface area contributed by atoms with Crippen molar-refractivity contribution in [1.29, 1.82) is 0 Å². The monoisotopic (exact) mass is 333 g/mol. The average molecular weight is 333 g/mol. The number of morpholine rings is 1. The van der Waals surface area contributed by atoms with Crippen LogP contribution in [0.5, 0.6) is 0 Å². The molecule has 1 atom stereocenters. The Kier molecular flexibility index (Phi) is 5.98. The van der Waals surface area contributed by atoms with Crippen LogP contribution in [0.25, 0.3) is 0 Å². The standard InChI is InChI=1S/C17H27N5O2/c1-15(20-10-12-24-13-11-20)2-3-17(23)22-8-6-21(7-9-22)16-14-18-4-5-19-16/h4-5,14-15H,2-3,6-13H2,1H3. The lowest BCUT2D eigenvalue weighted by atomic mass is 10.1. The van der Waals surface area contributed by atoms with Gasteiger partial charge in [0.1, 0.15) is 5.82 Å². The molecular formula is C17H27N5O2. The maximum atomic E-state index is 12.5. The molecule has 0 spiro atoms. The van der Waals surface area contributed by atoms with Gasteiger partial charge in [-0.05, 0) is 13.3 Å². The molecule has 7 nitrogen and oxygen atoms in total. The Labute approximate surface area is 143 Å². The lowest BCUT2D eigenvalue weighted by molar-refractivity contribution is -0.131. The van der Waals surface area contributed by atoms with Crippen molar-refractivity contribution in [3.8, 4) is 0 Å². The molecule has 0 aliphatic carbocycles. The number of carbonyl (C=O) groups excluding carboxylic acids is 1. The number of piperazine rings is 1. The number of hydrogen-bond acceptors (Lipinski definition) is 6. The largest absolute Gasteiger partial charge is 0.379 e. The number of aromatic nitrogens is 2. The minimum atomic E-state index is 0.272. The Morgan fingerprint density at radius 1 is 1.17 bits per heavy atom. The highest BCUT2D eigenvalue weighted by atomic mass is 16.5. The van der Waals surface area contributed by atoms with Crippen molar-refractivity contribution in [3.05, 3.63) is 18.6 Å². The van der Waals surface area contributed by atoms with Crippen LogP contribution in [0, 0.1) is 0 Å². The average Bonchev–Trinajstić information content (AvgIpc) is 2.67. The summed E-state index contributed by atoms with van der Waals surface area (Å²) in [5.74, 6) is 1.17. The fourth-order valence-electron chi connectivity index (χ4n) is 3.33. The van der Waals surface area contributed by atoms with Crippen molar-refractivity contribution < 1.29 is 9.53 Å². The highest BCUT2D eigenvalue weighted by Crippen LogP contribution is 2.14. The first kappa shape index (κ1) is 17.1. The molecule has 2 aliphatic rings. The third kappa shape index (κ3) is 4.42. The lowest BCUT2D eigenvalue weighted by Crippen LogP contribution is -2.49. The Bertz CT molecular complexity index is 513. The minimum absolute atomic E-state index is 0.272. The summed E-state index contributed by atoms with van der Waals surface area (Å²) in [6, 6.07) is 0.443. The van der Waals surface area contributed by atoms with E-state index in [1.54, 1.807) is 18.6 Å². The second kappa shape index (κ2) is 8.39. The molecular weight excluding hydrogens is 306 g/mol. The predicted molar refractivity (Wildman–Crippen MR) is 91.9 cm³/mol. The van der Waals surface area contributed by atoms with E-state index >= 15 is 0 Å². The molecule has 3 heterocycles. The molecule has 2 aliphatic heterocycles. The maximum Gasteiger partial charge on any atom is 0.222 e. The first-order valence-corrected chi connectivity index (χ1v) is 8.84. The van der Waals surface area contributed by atoms with E-state index in [9.17, 15) is 4.79 Å². The first-order valence-electron chi connectivity index (χ1n) is 8.84. The number of rotatable bonds is 5. The zero-order valence-electron chi connectivity index (χ0n) is 14.4. The van der Waals surface area contributed by atoms with Crippen molar-refractivity contribution in [1.82, 2.24) is 19.8 Å². The molecule has 1 aromatic rings. The number of anilines is 1. The summed E-state index contributed by atoms with van der Waals surface area (Å²) in [6.45, 7) is 8.96. The first-order chi connectivity index (χ1) is 11.7. The predicted octanol–water partition coefficient (Wildman–Crippen LogP) is 0.626. The van der Waals surface area contributed by atoms with Crippen LogP contribution < -0.4 is 4.90 Å². The summed E-state index contributed by atoms with van der Waals surface area (Å²) in [5, 5.41) is 0. The van der Waals surface area contributed by atoms with E-state index < -0.39 is 0 Å². The van der Waals surface area contributed by atoms with Gasteiger partial charge in [-0.1, -0.05) is 0 Å². The van der Waals surface area contributed by atoms with E-state index in [0.717, 1.165) is 64.7 Å². The Morgan fingerprint density at radius 2 is 1.92 bits per heavy atom. The van der Waals surface area contributed by atoms with Crippen LogP contribution >= 0.6 is 0 Å². The minimum Gasteiger partial charge on any atom is -0.379 e. The fraction of sp³-hybridized carbons (Fsp3) is 0.706. The van der Waals surface area contributed by atoms with Gasteiger partial charge in [-0.2, -0.15) is 0 Å². The van der Waals surface area contributed by atoms with E-state index in [1.165, 1.54) is 0 Å². The molecule has 2 fully saturated rings. The molecule has 0 radical (unpaired) electrons. The van der Waals surface area contributed by atoms with Gasteiger partial charge in [-0.15, -0.1) is 0 Å². The molecule has 0 N–H and O–H groups in total. The lowest BCUT2D eigenvalue weighted by Gasteiger charge is -2.36. The summed E-state index contributed by atoms with van der Waals surface area (Å²) >= 11 is 0. The zero-order valence-corrected chi connectivity index (χ0v) is 14.4. The van der Waals surface area contributed by atoms with Gasteiger partial charge in [0.15, 0.2) is 0 Å². The second-order valence-corrected chi connectivity index (χ2v) is 6.47. The van der Waals surface area contributed by atoms with Gasteiger partial charge in [0.2, 0.25) is 5.91 Å². The van der Waals surface area contributed by atoms with E-state index in [0.29, 0.717) is 12.5 Å². The van der Waals surface area contributed by atoms with E-state index in [-0.39, 0.29) is 5.91 Å². The number of hydrogen-bond donors (Lipinski definition) is 0. The van der Waals surface area contributed by atoms with Crippen molar-refractivity contribution >= 4 is 11.7 Å². The fourth-order valence-corrected chi connectivity index (χ4v) is 3.33. The molecule has 1 amide bonds. The highest BCUT2D eigenvalue weighted by molar-refractivity contribution is 5.76. The molecule has 1 unspecified atom stereocenters. The summed E-state index contributed by atoms with van der Waals surface area (Å²) in [4.78, 5) is 27.5. The van der Waals surface area contributed by atoms with E-state index in [2.05, 4.69) is 26.7 Å². The molecule has 7 heteroatoms. The molecule has 3 rings (SSSR count). The summed E-state index contributed by atoms with van der Waals surface area (Å²) in [7, 11) is 0. The molecule has 1 aromatic heterocycles. The van der Waals surface area contributed by atoms with Gasteiger partial charge in [-0.25, -0.2) is 4.98 Å². The quantitative estimate of drug-likeness (QED) is 0.787. The Morgan fingerprint density at radius 3 is 2.58 bits per heavy atom. The maximum absolute atomic E-state index is 12.5. The van der Waals surface area contributed by atoms with Crippen LogP contribution in [0.15, 0.2) is 18.6 Å². The van der Waals surface area contributed by atoms with Crippen molar-refractivity contribution in [2.24, 2.45) is 0 Å². The summed E-state index contributed by atoms with van der Waals surface area (Å²) < 4.78 is 5.39. The van der Waals surface area contributed by atoms with Gasteiger partial charge in [0, 0.05) is 64.1 Å². The van der Waals surface area contributed by atoms with Crippen molar-refractivity contribution in [3.63, 3.8) is 0 Å². The molecule has 0 saturated carbocycles. The number of carbonyl (C=O) groups is 1. The van der Waals surface area contributed by atoms with Crippen LogP contribution in [0.4, 0.5) is 5.82 Å². The van der Waals surface area contributed by atoms with Crippen LogP contribution in [0.1, 0.15) is 19.8 Å². The van der Waals surface area contributed by atoms with Gasteiger partial charge in [0.25, 0.3) is 0 Å². The molecule has 132 valence electrons. The van der Waals surface area contributed by atoms with Crippen LogP contribution in [-0.4, -0.2) is 84.2 Å². The molecule has 24 heavy (non-hydrogen) atoms. The Hall–Kier alpha value is -1.73. The smallest absolute Gasteiger partial charge is 0.222 e. The third-order valence-corrected chi connectivity index (χ3v) is 4.95. The molecule has 0 bridgehead atoms. The SMILES string of the molecule is CC(CCC(=O)N1CCN(c2cnccn2)CC1)N1CCOCC1. The third-order valence-electron chi connectivity index (χ3n) is 4.95. The molecule has 2 saturated heterocycles. The van der Waals surface area contributed by atoms with Gasteiger partial charge >= 0.3 is 0 Å². The van der Waals surface area contributed by atoms with Crippen molar-refractivity contribution in [2.45, 2.75) is 25.8 Å². The summed E-state index contributed by atoms with van der Waals surface area (Å²) in [5.41, 5.74) is 0. The second-order valence-electron chi connectivity index (χ2n) is 6.47. The number of nitrogens with zero attached hydrogens (tertiary/aromatic N) is 5. The zero-order chi connectivity index (χ0) is 16.8. The summed E-state index contributed by atoms with van der Waals surface area (Å²) in [6.07, 6.45) is 6.72. The van der Waals surface area contributed by atoms with Crippen LogP contribution in [-0.2, 0) is 9.53 Å².